The van der Waals surface area contributed by atoms with Gasteiger partial charge < -0.3 is 10.1 Å². The number of benzene rings is 2. The van der Waals surface area contributed by atoms with Crippen LogP contribution in [-0.2, 0) is 21.4 Å². The third-order valence-electron chi connectivity index (χ3n) is 3.80. The first kappa shape index (κ1) is 20.4. The number of carbonyl (C=O) groups is 1. The Kier molecular flexibility index (Phi) is 6.53. The van der Waals surface area contributed by atoms with E-state index in [9.17, 15) is 17.6 Å². The van der Waals surface area contributed by atoms with Crippen LogP contribution in [0.1, 0.15) is 5.56 Å². The average Bonchev–Trinajstić information content (AvgIpc) is 2.72. The highest BCUT2D eigenvalue weighted by molar-refractivity contribution is 7.89. The molecule has 2 aromatic carbocycles. The second-order valence-corrected chi connectivity index (χ2v) is 7.68. The van der Waals surface area contributed by atoms with Crippen molar-refractivity contribution in [2.45, 2.75) is 11.4 Å². The summed E-state index contributed by atoms with van der Waals surface area (Å²) in [5.41, 5.74) is 0.753. The number of hydrogen-bond donors (Lipinski definition) is 2. The summed E-state index contributed by atoms with van der Waals surface area (Å²) in [6, 6.07) is 17.3. The molecule has 9 heteroatoms. The fourth-order valence-electron chi connectivity index (χ4n) is 2.41. The molecule has 0 bridgehead atoms. The lowest BCUT2D eigenvalue weighted by atomic mass is 10.2. The topological polar surface area (TPSA) is 97.4 Å². The van der Waals surface area contributed by atoms with Crippen molar-refractivity contribution in [1.82, 2.24) is 15.0 Å². The second kappa shape index (κ2) is 9.26. The van der Waals surface area contributed by atoms with Gasteiger partial charge >= 0.3 is 0 Å². The Balaban J connectivity index is 1.53. The van der Waals surface area contributed by atoms with Crippen LogP contribution in [0.5, 0.6) is 11.6 Å². The molecule has 29 heavy (non-hydrogen) atoms. The van der Waals surface area contributed by atoms with Crippen molar-refractivity contribution in [3.63, 3.8) is 0 Å². The molecular weight excluding hydrogens is 397 g/mol. The molecule has 3 rings (SSSR count). The van der Waals surface area contributed by atoms with Crippen LogP contribution < -0.4 is 14.8 Å². The number of pyridine rings is 1. The summed E-state index contributed by atoms with van der Waals surface area (Å²) in [6.07, 6.45) is 1.61. The molecule has 0 unspecified atom stereocenters. The fourth-order valence-corrected chi connectivity index (χ4v) is 3.47. The van der Waals surface area contributed by atoms with Gasteiger partial charge in [-0.05, 0) is 35.9 Å². The second-order valence-electron chi connectivity index (χ2n) is 5.95. The zero-order chi connectivity index (χ0) is 20.7. The Bertz CT molecular complexity index is 1090. The largest absolute Gasteiger partial charge is 0.439 e. The molecule has 0 saturated carbocycles. The first-order chi connectivity index (χ1) is 13.9. The van der Waals surface area contributed by atoms with E-state index >= 15 is 0 Å². The van der Waals surface area contributed by atoms with Gasteiger partial charge in [-0.3, -0.25) is 4.79 Å². The van der Waals surface area contributed by atoms with Crippen LogP contribution in [0.15, 0.2) is 77.8 Å². The normalized spacial score (nSPS) is 11.1. The first-order valence-corrected chi connectivity index (χ1v) is 10.1. The number of amides is 1. The van der Waals surface area contributed by atoms with Crippen molar-refractivity contribution < 1.29 is 22.3 Å². The number of halogens is 1. The van der Waals surface area contributed by atoms with Gasteiger partial charge in [0, 0.05) is 18.8 Å². The Morgan fingerprint density at radius 2 is 1.83 bits per heavy atom. The average molecular weight is 415 g/mol. The fraction of sp³-hybridized carbons (Fsp3) is 0.100. The van der Waals surface area contributed by atoms with Crippen molar-refractivity contribution >= 4 is 15.9 Å². The minimum atomic E-state index is -4.12. The molecule has 7 nitrogen and oxygen atoms in total. The van der Waals surface area contributed by atoms with Crippen molar-refractivity contribution in [3.8, 4) is 11.6 Å². The number of rotatable bonds is 8. The van der Waals surface area contributed by atoms with E-state index in [1.807, 2.05) is 0 Å². The molecule has 1 amide bonds. The first-order valence-electron chi connectivity index (χ1n) is 8.63. The quantitative estimate of drug-likeness (QED) is 0.589. The van der Waals surface area contributed by atoms with Crippen molar-refractivity contribution in [1.29, 1.82) is 0 Å². The lowest BCUT2D eigenvalue weighted by Gasteiger charge is -2.10. The monoisotopic (exact) mass is 415 g/mol. The van der Waals surface area contributed by atoms with E-state index in [2.05, 4.69) is 15.0 Å². The van der Waals surface area contributed by atoms with E-state index in [0.717, 1.165) is 17.7 Å². The molecule has 0 radical (unpaired) electrons. The molecular formula is C20H18FN3O4S. The van der Waals surface area contributed by atoms with Gasteiger partial charge in [0.1, 0.15) is 16.5 Å². The van der Waals surface area contributed by atoms with Crippen LogP contribution in [0.25, 0.3) is 0 Å². The predicted molar refractivity (Wildman–Crippen MR) is 104 cm³/mol. The summed E-state index contributed by atoms with van der Waals surface area (Å²) >= 11 is 0. The maximum absolute atomic E-state index is 13.6. The summed E-state index contributed by atoms with van der Waals surface area (Å²) in [6.45, 7) is -0.347. The number of nitrogens with one attached hydrogen (secondary N) is 2. The van der Waals surface area contributed by atoms with Crippen LogP contribution >= 0.6 is 0 Å². The van der Waals surface area contributed by atoms with Crippen LogP contribution in [0, 0.1) is 5.82 Å². The zero-order valence-corrected chi connectivity index (χ0v) is 16.0. The van der Waals surface area contributed by atoms with Gasteiger partial charge in [-0.25, -0.2) is 22.5 Å². The zero-order valence-electron chi connectivity index (χ0n) is 15.2. The Morgan fingerprint density at radius 3 is 2.59 bits per heavy atom. The number of hydrogen-bond acceptors (Lipinski definition) is 5. The Morgan fingerprint density at radius 1 is 1.03 bits per heavy atom. The molecule has 0 aliphatic rings. The number of ether oxygens (including phenoxy) is 1. The summed E-state index contributed by atoms with van der Waals surface area (Å²) in [7, 11) is -4.12. The molecule has 0 fully saturated rings. The van der Waals surface area contributed by atoms with E-state index in [1.54, 1.807) is 48.7 Å². The third-order valence-corrected chi connectivity index (χ3v) is 5.23. The number of sulfonamides is 1. The lowest BCUT2D eigenvalue weighted by Crippen LogP contribution is -2.36. The molecule has 0 aliphatic carbocycles. The van der Waals surface area contributed by atoms with E-state index in [1.165, 1.54) is 12.1 Å². The molecule has 3 aromatic rings. The van der Waals surface area contributed by atoms with Gasteiger partial charge in [0.2, 0.25) is 21.8 Å². The van der Waals surface area contributed by atoms with Crippen LogP contribution in [0.3, 0.4) is 0 Å². The smallest absolute Gasteiger partial charge is 0.243 e. The van der Waals surface area contributed by atoms with Crippen molar-refractivity contribution in [3.05, 3.63) is 84.3 Å². The standard InChI is InChI=1S/C20H18FN3O4S/c21-17-8-1-2-9-18(17)29(26,27)24-14-19(25)23-13-15-6-5-7-16(12-15)28-20-10-3-4-11-22-20/h1-12,24H,13-14H2,(H,23,25). The highest BCUT2D eigenvalue weighted by Gasteiger charge is 2.19. The van der Waals surface area contributed by atoms with Gasteiger partial charge in [0.15, 0.2) is 0 Å². The molecule has 0 saturated heterocycles. The minimum Gasteiger partial charge on any atom is -0.439 e. The summed E-state index contributed by atoms with van der Waals surface area (Å²) in [5, 5.41) is 2.60. The van der Waals surface area contributed by atoms with Gasteiger partial charge in [-0.15, -0.1) is 0 Å². The van der Waals surface area contributed by atoms with Crippen LogP contribution in [0.2, 0.25) is 0 Å². The van der Waals surface area contributed by atoms with Crippen LogP contribution in [0.4, 0.5) is 4.39 Å². The third kappa shape index (κ3) is 5.84. The van der Waals surface area contributed by atoms with Crippen molar-refractivity contribution in [2.24, 2.45) is 0 Å². The van der Waals surface area contributed by atoms with Gasteiger partial charge in [-0.1, -0.05) is 30.3 Å². The maximum Gasteiger partial charge on any atom is 0.243 e. The predicted octanol–water partition coefficient (Wildman–Crippen LogP) is 2.61. The number of nitrogens with zero attached hydrogens (tertiary/aromatic N) is 1. The number of aromatic nitrogens is 1. The van der Waals surface area contributed by atoms with Gasteiger partial charge in [0.05, 0.1) is 6.54 Å². The summed E-state index contributed by atoms with van der Waals surface area (Å²) in [5.74, 6) is -0.446. The molecule has 0 spiro atoms. The molecule has 0 aliphatic heterocycles. The molecule has 150 valence electrons. The Hall–Kier alpha value is -3.30. The van der Waals surface area contributed by atoms with Gasteiger partial charge in [0.25, 0.3) is 0 Å². The minimum absolute atomic E-state index is 0.166. The van der Waals surface area contributed by atoms with E-state index in [-0.39, 0.29) is 6.54 Å². The molecule has 1 aromatic heterocycles. The SMILES string of the molecule is O=C(CNS(=O)(=O)c1ccccc1F)NCc1cccc(Oc2ccccn2)c1. The Labute approximate surface area is 167 Å². The summed E-state index contributed by atoms with van der Waals surface area (Å²) < 4.78 is 45.5. The van der Waals surface area contributed by atoms with Crippen LogP contribution in [-0.4, -0.2) is 25.9 Å². The van der Waals surface area contributed by atoms with E-state index in [4.69, 9.17) is 4.74 Å². The summed E-state index contributed by atoms with van der Waals surface area (Å²) in [4.78, 5) is 15.5. The number of carbonyl (C=O) groups excluding carboxylic acids is 1. The molecule has 2 N–H and O–H groups in total. The van der Waals surface area contributed by atoms with E-state index in [0.29, 0.717) is 11.6 Å². The molecule has 1 heterocycles. The lowest BCUT2D eigenvalue weighted by molar-refractivity contribution is -0.120. The maximum atomic E-state index is 13.6. The molecule has 0 atom stereocenters. The van der Waals surface area contributed by atoms with E-state index < -0.39 is 33.2 Å². The van der Waals surface area contributed by atoms with Crippen molar-refractivity contribution in [2.75, 3.05) is 6.54 Å². The van der Waals surface area contributed by atoms with Gasteiger partial charge in [-0.2, -0.15) is 0 Å². The highest BCUT2D eigenvalue weighted by Crippen LogP contribution is 2.20. The highest BCUT2D eigenvalue weighted by atomic mass is 32.2.